The molecule has 1 amide bonds. The highest BCUT2D eigenvalue weighted by molar-refractivity contribution is 7.89. The Labute approximate surface area is 148 Å². The van der Waals surface area contributed by atoms with Crippen molar-refractivity contribution in [3.8, 4) is 5.75 Å². The number of unbranched alkanes of at least 4 members (excludes halogenated alkanes) is 1. The Bertz CT molecular complexity index is 685. The fourth-order valence-corrected chi connectivity index (χ4v) is 4.45. The van der Waals surface area contributed by atoms with Crippen LogP contribution in [0.4, 0.5) is 0 Å². The largest absolute Gasteiger partial charge is 0.496 e. The number of carbonyl (C=O) groups excluding carboxylic acids is 1. The van der Waals surface area contributed by atoms with Gasteiger partial charge in [0.25, 0.3) is 5.91 Å². The summed E-state index contributed by atoms with van der Waals surface area (Å²) < 4.78 is 31.1. The molecule has 2 rings (SSSR count). The van der Waals surface area contributed by atoms with E-state index in [-0.39, 0.29) is 11.7 Å². The Morgan fingerprint density at radius 2 is 1.92 bits per heavy atom. The zero-order chi connectivity index (χ0) is 17.7. The van der Waals surface area contributed by atoms with Crippen molar-refractivity contribution < 1.29 is 17.9 Å². The molecule has 0 bridgehead atoms. The minimum Gasteiger partial charge on any atom is -0.496 e. The maximum Gasteiger partial charge on any atom is 0.257 e. The highest BCUT2D eigenvalue weighted by Gasteiger charge is 2.29. The SMILES string of the molecule is CCCCS(=O)(=O)N1CCN(C(=O)c2cc(Cl)ccc2OC)CC1. The summed E-state index contributed by atoms with van der Waals surface area (Å²) in [6, 6.07) is 4.89. The molecule has 1 heterocycles. The van der Waals surface area contributed by atoms with E-state index >= 15 is 0 Å². The molecule has 0 saturated carbocycles. The molecule has 0 spiro atoms. The molecule has 0 N–H and O–H groups in total. The number of benzene rings is 1. The topological polar surface area (TPSA) is 66.9 Å². The molecule has 1 aliphatic rings. The number of rotatable bonds is 6. The zero-order valence-electron chi connectivity index (χ0n) is 14.0. The van der Waals surface area contributed by atoms with Gasteiger partial charge in [0.1, 0.15) is 5.75 Å². The molecule has 1 saturated heterocycles. The van der Waals surface area contributed by atoms with E-state index in [9.17, 15) is 13.2 Å². The van der Waals surface area contributed by atoms with Gasteiger partial charge in [-0.05, 0) is 24.6 Å². The quantitative estimate of drug-likeness (QED) is 0.765. The molecular formula is C16H23ClN2O4S. The van der Waals surface area contributed by atoms with Crippen LogP contribution in [-0.4, -0.2) is 62.6 Å². The lowest BCUT2D eigenvalue weighted by atomic mass is 10.1. The Kier molecular flexibility index (Phi) is 6.48. The summed E-state index contributed by atoms with van der Waals surface area (Å²) in [6.07, 6.45) is 1.49. The van der Waals surface area contributed by atoms with Crippen LogP contribution in [0.2, 0.25) is 5.02 Å². The van der Waals surface area contributed by atoms with Crippen LogP contribution in [0.15, 0.2) is 18.2 Å². The Morgan fingerprint density at radius 1 is 1.25 bits per heavy atom. The molecule has 0 aliphatic carbocycles. The lowest BCUT2D eigenvalue weighted by molar-refractivity contribution is 0.0694. The van der Waals surface area contributed by atoms with Gasteiger partial charge in [0.15, 0.2) is 0 Å². The number of ether oxygens (including phenoxy) is 1. The smallest absolute Gasteiger partial charge is 0.257 e. The van der Waals surface area contributed by atoms with Crippen molar-refractivity contribution in [3.05, 3.63) is 28.8 Å². The monoisotopic (exact) mass is 374 g/mol. The Hall–Kier alpha value is -1.31. The van der Waals surface area contributed by atoms with E-state index in [2.05, 4.69) is 0 Å². The fraction of sp³-hybridized carbons (Fsp3) is 0.562. The first kappa shape index (κ1) is 19.0. The van der Waals surface area contributed by atoms with E-state index in [1.54, 1.807) is 23.1 Å². The second-order valence-corrected chi connectivity index (χ2v) is 8.23. The number of carbonyl (C=O) groups is 1. The van der Waals surface area contributed by atoms with Gasteiger partial charge in [0.2, 0.25) is 10.0 Å². The summed E-state index contributed by atoms with van der Waals surface area (Å²) in [5, 5.41) is 0.458. The van der Waals surface area contributed by atoms with Crippen LogP contribution in [0.1, 0.15) is 30.1 Å². The van der Waals surface area contributed by atoms with Crippen molar-refractivity contribution in [1.29, 1.82) is 0 Å². The van der Waals surface area contributed by atoms with Crippen LogP contribution >= 0.6 is 11.6 Å². The number of hydrogen-bond donors (Lipinski definition) is 0. The third kappa shape index (κ3) is 4.40. The van der Waals surface area contributed by atoms with Crippen LogP contribution in [0.5, 0.6) is 5.75 Å². The van der Waals surface area contributed by atoms with Crippen molar-refractivity contribution in [1.82, 2.24) is 9.21 Å². The molecule has 1 aromatic carbocycles. The molecule has 24 heavy (non-hydrogen) atoms. The van der Waals surface area contributed by atoms with Crippen LogP contribution < -0.4 is 4.74 Å². The first-order valence-electron chi connectivity index (χ1n) is 7.99. The highest BCUT2D eigenvalue weighted by atomic mass is 35.5. The number of nitrogens with zero attached hydrogens (tertiary/aromatic N) is 2. The summed E-state index contributed by atoms with van der Waals surface area (Å²) in [6.45, 7) is 3.32. The summed E-state index contributed by atoms with van der Waals surface area (Å²) in [5.74, 6) is 0.432. The second-order valence-electron chi connectivity index (χ2n) is 5.71. The van der Waals surface area contributed by atoms with E-state index in [1.807, 2.05) is 6.92 Å². The molecule has 0 unspecified atom stereocenters. The number of methoxy groups -OCH3 is 1. The van der Waals surface area contributed by atoms with E-state index in [0.717, 1.165) is 6.42 Å². The summed E-state index contributed by atoms with van der Waals surface area (Å²) in [4.78, 5) is 14.3. The minimum absolute atomic E-state index is 0.166. The van der Waals surface area contributed by atoms with Gasteiger partial charge in [-0.1, -0.05) is 24.9 Å². The molecule has 0 aromatic heterocycles. The first-order valence-corrected chi connectivity index (χ1v) is 9.98. The maximum absolute atomic E-state index is 12.7. The van der Waals surface area contributed by atoms with Crippen LogP contribution in [0, 0.1) is 0 Å². The van der Waals surface area contributed by atoms with Gasteiger partial charge in [0, 0.05) is 31.2 Å². The molecule has 8 heteroatoms. The highest BCUT2D eigenvalue weighted by Crippen LogP contribution is 2.24. The summed E-state index contributed by atoms with van der Waals surface area (Å²) >= 11 is 5.97. The van der Waals surface area contributed by atoms with Gasteiger partial charge in [-0.2, -0.15) is 4.31 Å². The molecule has 1 aliphatic heterocycles. The van der Waals surface area contributed by atoms with E-state index in [4.69, 9.17) is 16.3 Å². The third-order valence-electron chi connectivity index (χ3n) is 4.07. The van der Waals surface area contributed by atoms with E-state index in [0.29, 0.717) is 48.9 Å². The Balaban J connectivity index is 2.05. The van der Waals surface area contributed by atoms with Crippen molar-refractivity contribution in [2.75, 3.05) is 39.0 Å². The van der Waals surface area contributed by atoms with Crippen molar-refractivity contribution in [2.45, 2.75) is 19.8 Å². The van der Waals surface area contributed by atoms with Gasteiger partial charge in [-0.25, -0.2) is 8.42 Å². The van der Waals surface area contributed by atoms with Crippen LogP contribution in [0.25, 0.3) is 0 Å². The number of hydrogen-bond acceptors (Lipinski definition) is 4. The zero-order valence-corrected chi connectivity index (χ0v) is 15.6. The van der Waals surface area contributed by atoms with Gasteiger partial charge in [-0.3, -0.25) is 4.79 Å². The lowest BCUT2D eigenvalue weighted by Gasteiger charge is -2.34. The van der Waals surface area contributed by atoms with Gasteiger partial charge < -0.3 is 9.64 Å². The standard InChI is InChI=1S/C16H23ClN2O4S/c1-3-4-11-24(21,22)19-9-7-18(8-10-19)16(20)14-12-13(17)5-6-15(14)23-2/h5-6,12H,3-4,7-11H2,1-2H3. The predicted molar refractivity (Wildman–Crippen MR) is 94.2 cm³/mol. The van der Waals surface area contributed by atoms with Crippen LogP contribution in [-0.2, 0) is 10.0 Å². The molecule has 134 valence electrons. The average molecular weight is 375 g/mol. The van der Waals surface area contributed by atoms with Crippen molar-refractivity contribution >= 4 is 27.5 Å². The third-order valence-corrected chi connectivity index (χ3v) is 6.26. The number of halogens is 1. The number of sulfonamides is 1. The molecule has 0 atom stereocenters. The predicted octanol–water partition coefficient (Wildman–Crippen LogP) is 2.24. The van der Waals surface area contributed by atoms with Crippen molar-refractivity contribution in [2.24, 2.45) is 0 Å². The minimum atomic E-state index is -3.23. The van der Waals surface area contributed by atoms with E-state index < -0.39 is 10.0 Å². The van der Waals surface area contributed by atoms with Crippen LogP contribution in [0.3, 0.4) is 0 Å². The number of amides is 1. The summed E-state index contributed by atoms with van der Waals surface area (Å²) in [7, 11) is -1.73. The van der Waals surface area contributed by atoms with Gasteiger partial charge in [0.05, 0.1) is 18.4 Å². The Morgan fingerprint density at radius 3 is 2.50 bits per heavy atom. The van der Waals surface area contributed by atoms with Gasteiger partial charge >= 0.3 is 0 Å². The maximum atomic E-state index is 12.7. The van der Waals surface area contributed by atoms with Crippen molar-refractivity contribution in [3.63, 3.8) is 0 Å². The number of piperazine rings is 1. The normalized spacial score (nSPS) is 16.2. The summed E-state index contributed by atoms with van der Waals surface area (Å²) in [5.41, 5.74) is 0.396. The molecule has 0 radical (unpaired) electrons. The van der Waals surface area contributed by atoms with Gasteiger partial charge in [-0.15, -0.1) is 0 Å². The fourth-order valence-electron chi connectivity index (χ4n) is 2.64. The first-order chi connectivity index (χ1) is 11.4. The lowest BCUT2D eigenvalue weighted by Crippen LogP contribution is -2.51. The molecule has 1 aromatic rings. The second kappa shape index (κ2) is 8.18. The molecule has 1 fully saturated rings. The molecule has 6 nitrogen and oxygen atoms in total. The van der Waals surface area contributed by atoms with E-state index in [1.165, 1.54) is 11.4 Å². The molecular weight excluding hydrogens is 352 g/mol. The average Bonchev–Trinajstić information content (AvgIpc) is 2.59.